The SMILES string of the molecule is CC(C)(C)[Si](C)(C)O[C@@H]1C[C@H](I)[C@H]2OC(=O)C[C@H]21. The Kier molecular flexibility index (Phi) is 3.89. The van der Waals surface area contributed by atoms with Crippen LogP contribution in [-0.2, 0) is 14.0 Å². The first-order valence-corrected chi connectivity index (χ1v) is 10.8. The van der Waals surface area contributed by atoms with Crippen molar-refractivity contribution in [2.75, 3.05) is 0 Å². The minimum absolute atomic E-state index is 0.0461. The van der Waals surface area contributed by atoms with Crippen LogP contribution in [0, 0.1) is 5.92 Å². The summed E-state index contributed by atoms with van der Waals surface area (Å²) in [6.07, 6.45) is 1.87. The maximum absolute atomic E-state index is 11.4. The maximum atomic E-state index is 11.4. The van der Waals surface area contributed by atoms with Crippen LogP contribution in [0.3, 0.4) is 0 Å². The van der Waals surface area contributed by atoms with E-state index in [1.54, 1.807) is 0 Å². The van der Waals surface area contributed by atoms with E-state index in [9.17, 15) is 4.79 Å². The lowest BCUT2D eigenvalue weighted by Crippen LogP contribution is -2.45. The summed E-state index contributed by atoms with van der Waals surface area (Å²) in [4.78, 5) is 11.4. The van der Waals surface area contributed by atoms with Crippen LogP contribution in [-0.4, -0.2) is 30.4 Å². The predicted molar refractivity (Wildman–Crippen MR) is 82.5 cm³/mol. The zero-order chi connectivity index (χ0) is 13.7. The molecule has 0 amide bonds. The van der Waals surface area contributed by atoms with Crippen LogP contribution < -0.4 is 0 Å². The molecule has 0 spiro atoms. The summed E-state index contributed by atoms with van der Waals surface area (Å²) >= 11 is 2.41. The van der Waals surface area contributed by atoms with Gasteiger partial charge in [0.05, 0.1) is 16.4 Å². The second-order valence-electron chi connectivity index (χ2n) is 6.99. The third kappa shape index (κ3) is 2.63. The van der Waals surface area contributed by atoms with Gasteiger partial charge in [0, 0.05) is 5.92 Å². The summed E-state index contributed by atoms with van der Waals surface area (Å²) in [5.41, 5.74) is 0. The van der Waals surface area contributed by atoms with E-state index in [2.05, 4.69) is 56.5 Å². The Bertz CT molecular complexity index is 351. The standard InChI is InChI=1S/C13H23IO3Si/c1-13(2,3)18(4,5)17-10-7-9(14)12-8(10)6-11(15)16-12/h8-10,12H,6-7H2,1-5H3/t8-,9-,10+,12-/m0/s1. The summed E-state index contributed by atoms with van der Waals surface area (Å²) in [5, 5.41) is 0.218. The van der Waals surface area contributed by atoms with Gasteiger partial charge in [-0.2, -0.15) is 0 Å². The zero-order valence-corrected chi connectivity index (χ0v) is 15.0. The number of carbonyl (C=O) groups is 1. The normalized spacial score (nSPS) is 36.7. The van der Waals surface area contributed by atoms with E-state index < -0.39 is 8.32 Å². The molecule has 4 atom stereocenters. The highest BCUT2D eigenvalue weighted by Gasteiger charge is 2.52. The Morgan fingerprint density at radius 3 is 2.56 bits per heavy atom. The second-order valence-corrected chi connectivity index (χ2v) is 13.3. The van der Waals surface area contributed by atoms with Crippen LogP contribution in [0.5, 0.6) is 0 Å². The van der Waals surface area contributed by atoms with E-state index in [1.165, 1.54) is 0 Å². The quantitative estimate of drug-likeness (QED) is 0.317. The summed E-state index contributed by atoms with van der Waals surface area (Å²) in [6, 6.07) is 0. The van der Waals surface area contributed by atoms with Crippen molar-refractivity contribution in [3.63, 3.8) is 0 Å². The molecule has 0 bridgehead atoms. The van der Waals surface area contributed by atoms with Gasteiger partial charge in [-0.25, -0.2) is 0 Å². The summed E-state index contributed by atoms with van der Waals surface area (Å²) in [6.45, 7) is 11.3. The molecule has 1 aliphatic carbocycles. The summed E-state index contributed by atoms with van der Waals surface area (Å²) < 4.78 is 12.3. The van der Waals surface area contributed by atoms with Crippen molar-refractivity contribution in [2.45, 2.75) is 67.9 Å². The van der Waals surface area contributed by atoms with Crippen LogP contribution in [0.1, 0.15) is 33.6 Å². The van der Waals surface area contributed by atoms with Crippen LogP contribution in [0.4, 0.5) is 0 Å². The molecule has 0 radical (unpaired) electrons. The van der Waals surface area contributed by atoms with E-state index in [-0.39, 0.29) is 29.1 Å². The number of esters is 1. The largest absolute Gasteiger partial charge is 0.461 e. The predicted octanol–water partition coefficient (Wildman–Crippen LogP) is 3.52. The number of halogens is 1. The lowest BCUT2D eigenvalue weighted by atomic mass is 10.0. The van der Waals surface area contributed by atoms with Crippen LogP contribution >= 0.6 is 22.6 Å². The van der Waals surface area contributed by atoms with Gasteiger partial charge in [0.15, 0.2) is 8.32 Å². The van der Waals surface area contributed by atoms with Crippen molar-refractivity contribution in [3.8, 4) is 0 Å². The van der Waals surface area contributed by atoms with Gasteiger partial charge < -0.3 is 9.16 Å². The van der Waals surface area contributed by atoms with Gasteiger partial charge in [-0.15, -0.1) is 0 Å². The number of ether oxygens (including phenoxy) is 1. The first kappa shape index (κ1) is 14.8. The van der Waals surface area contributed by atoms with E-state index in [0.717, 1.165) is 6.42 Å². The average molecular weight is 382 g/mol. The van der Waals surface area contributed by atoms with Gasteiger partial charge in [-0.1, -0.05) is 43.4 Å². The van der Waals surface area contributed by atoms with Crippen molar-refractivity contribution in [2.24, 2.45) is 5.92 Å². The molecule has 1 aliphatic heterocycles. The molecule has 3 nitrogen and oxygen atoms in total. The monoisotopic (exact) mass is 382 g/mol. The van der Waals surface area contributed by atoms with E-state index in [1.807, 2.05) is 0 Å². The fraction of sp³-hybridized carbons (Fsp3) is 0.923. The molecule has 0 aromatic rings. The zero-order valence-electron chi connectivity index (χ0n) is 11.8. The van der Waals surface area contributed by atoms with Crippen LogP contribution in [0.2, 0.25) is 18.1 Å². The lowest BCUT2D eigenvalue weighted by molar-refractivity contribution is -0.141. The lowest BCUT2D eigenvalue weighted by Gasteiger charge is -2.39. The molecule has 18 heavy (non-hydrogen) atoms. The maximum Gasteiger partial charge on any atom is 0.306 e. The van der Waals surface area contributed by atoms with Gasteiger partial charge in [-0.3, -0.25) is 4.79 Å². The highest BCUT2D eigenvalue weighted by molar-refractivity contribution is 14.1. The number of hydrogen-bond donors (Lipinski definition) is 0. The van der Waals surface area contributed by atoms with Crippen molar-refractivity contribution in [3.05, 3.63) is 0 Å². The van der Waals surface area contributed by atoms with Crippen molar-refractivity contribution < 1.29 is 14.0 Å². The number of rotatable bonds is 2. The smallest absolute Gasteiger partial charge is 0.306 e. The molecule has 0 unspecified atom stereocenters. The molecule has 2 rings (SSSR count). The van der Waals surface area contributed by atoms with E-state index in [0.29, 0.717) is 10.3 Å². The Labute approximate surface area is 124 Å². The molecule has 1 saturated heterocycles. The molecule has 2 fully saturated rings. The minimum Gasteiger partial charge on any atom is -0.461 e. The Morgan fingerprint density at radius 2 is 2.00 bits per heavy atom. The van der Waals surface area contributed by atoms with Crippen LogP contribution in [0.25, 0.3) is 0 Å². The van der Waals surface area contributed by atoms with Gasteiger partial charge in [0.2, 0.25) is 0 Å². The molecule has 104 valence electrons. The van der Waals surface area contributed by atoms with Crippen molar-refractivity contribution in [1.82, 2.24) is 0 Å². The molecule has 2 aliphatic rings. The summed E-state index contributed by atoms with van der Waals surface area (Å²) in [7, 11) is -1.75. The molecular weight excluding hydrogens is 359 g/mol. The highest BCUT2D eigenvalue weighted by atomic mass is 127. The molecule has 0 aromatic heterocycles. The molecule has 0 aromatic carbocycles. The molecule has 1 saturated carbocycles. The minimum atomic E-state index is -1.75. The van der Waals surface area contributed by atoms with Crippen molar-refractivity contribution >= 4 is 36.9 Å². The first-order chi connectivity index (χ1) is 8.12. The second kappa shape index (κ2) is 4.73. The van der Waals surface area contributed by atoms with Crippen molar-refractivity contribution in [1.29, 1.82) is 0 Å². The van der Waals surface area contributed by atoms with Gasteiger partial charge >= 0.3 is 5.97 Å². The highest BCUT2D eigenvalue weighted by Crippen LogP contribution is 2.46. The third-order valence-corrected chi connectivity index (χ3v) is 10.4. The number of alkyl halides is 1. The summed E-state index contributed by atoms with van der Waals surface area (Å²) in [5.74, 6) is 0.240. The Balaban J connectivity index is 2.09. The fourth-order valence-corrected chi connectivity index (χ4v) is 5.07. The van der Waals surface area contributed by atoms with Gasteiger partial charge in [0.1, 0.15) is 6.10 Å². The number of fused-ring (bicyclic) bond motifs is 1. The van der Waals surface area contributed by atoms with E-state index >= 15 is 0 Å². The molecular formula is C13H23IO3Si. The van der Waals surface area contributed by atoms with Gasteiger partial charge in [-0.05, 0) is 24.6 Å². The Morgan fingerprint density at radius 1 is 1.39 bits per heavy atom. The Hall–Kier alpha value is 0.377. The fourth-order valence-electron chi connectivity index (χ4n) is 2.50. The average Bonchev–Trinajstić information content (AvgIpc) is 2.66. The number of carbonyl (C=O) groups excluding carboxylic acids is 1. The van der Waals surface area contributed by atoms with Gasteiger partial charge in [0.25, 0.3) is 0 Å². The molecule has 0 N–H and O–H groups in total. The number of hydrogen-bond acceptors (Lipinski definition) is 3. The van der Waals surface area contributed by atoms with Crippen LogP contribution in [0.15, 0.2) is 0 Å². The molecule has 1 heterocycles. The molecule has 5 heteroatoms. The first-order valence-electron chi connectivity index (χ1n) is 6.63. The third-order valence-electron chi connectivity index (χ3n) is 4.64. The van der Waals surface area contributed by atoms with E-state index in [4.69, 9.17) is 9.16 Å². The topological polar surface area (TPSA) is 35.5 Å².